The standard InChI is InChI=1S/C32H48N2O6/c1-39-29(36)19-15-24-13-6-5-12-23(24)14-16-25-27-17-18-28(40-27)30(25)32(38)34-26(21-35)31(37)33-20-8-7-11-22-9-3-2-4-10-22/h5-6,12-13,22,25-28,30,35H,2-4,7-11,14-21H2,1H3,(H,33,37)(H,34,38)/t25-,26-,27-,28+,30-/m0/s1. The van der Waals surface area contributed by atoms with E-state index in [0.29, 0.717) is 19.4 Å². The normalized spacial score (nSPS) is 24.9. The molecule has 1 saturated carbocycles. The maximum atomic E-state index is 13.4. The van der Waals surface area contributed by atoms with Crippen LogP contribution in [0.5, 0.6) is 0 Å². The quantitative estimate of drug-likeness (QED) is 0.223. The molecule has 3 aliphatic rings. The van der Waals surface area contributed by atoms with Crippen LogP contribution in [0.1, 0.15) is 88.2 Å². The zero-order valence-corrected chi connectivity index (χ0v) is 24.1. The maximum absolute atomic E-state index is 13.4. The molecule has 222 valence electrons. The Bertz CT molecular complexity index is 978. The van der Waals surface area contributed by atoms with E-state index in [1.54, 1.807) is 0 Å². The second-order valence-corrected chi connectivity index (χ2v) is 11.9. The van der Waals surface area contributed by atoms with Crippen LogP contribution in [0.2, 0.25) is 0 Å². The lowest BCUT2D eigenvalue weighted by Crippen LogP contribution is -2.52. The highest BCUT2D eigenvalue weighted by molar-refractivity contribution is 5.89. The van der Waals surface area contributed by atoms with E-state index < -0.39 is 12.6 Å². The van der Waals surface area contributed by atoms with Gasteiger partial charge in [-0.15, -0.1) is 0 Å². The molecule has 0 aromatic heterocycles. The SMILES string of the molecule is COC(=O)CCc1ccccc1CC[C@@H]1[C@H](C(=O)N[C@@H](CO)C(=O)NCCCCC2CCCCC2)[C@H]2CC[C@@H]1O2. The molecule has 2 aliphatic heterocycles. The number of esters is 1. The summed E-state index contributed by atoms with van der Waals surface area (Å²) in [5.74, 6) is -0.210. The number of aliphatic hydroxyl groups is 1. The molecule has 0 spiro atoms. The van der Waals surface area contributed by atoms with Gasteiger partial charge in [-0.3, -0.25) is 14.4 Å². The summed E-state index contributed by atoms with van der Waals surface area (Å²) in [5, 5.41) is 15.7. The van der Waals surface area contributed by atoms with E-state index in [0.717, 1.165) is 50.0 Å². The number of carbonyl (C=O) groups excluding carboxylic acids is 3. The lowest BCUT2D eigenvalue weighted by molar-refractivity contribution is -0.140. The average molecular weight is 557 g/mol. The fourth-order valence-electron chi connectivity index (χ4n) is 7.04. The molecule has 40 heavy (non-hydrogen) atoms. The van der Waals surface area contributed by atoms with Gasteiger partial charge in [-0.1, -0.05) is 69.2 Å². The van der Waals surface area contributed by atoms with E-state index in [1.165, 1.54) is 51.2 Å². The molecule has 1 aromatic rings. The summed E-state index contributed by atoms with van der Waals surface area (Å²) in [5.41, 5.74) is 2.29. The molecule has 0 radical (unpaired) electrons. The predicted molar refractivity (Wildman–Crippen MR) is 152 cm³/mol. The Kier molecular flexibility index (Phi) is 11.8. The molecular weight excluding hydrogens is 508 g/mol. The summed E-state index contributed by atoms with van der Waals surface area (Å²) in [6.07, 6.45) is 14.1. The molecule has 2 heterocycles. The number of carbonyl (C=O) groups is 3. The molecule has 3 N–H and O–H groups in total. The van der Waals surface area contributed by atoms with Gasteiger partial charge in [0.1, 0.15) is 6.04 Å². The number of aliphatic hydroxyl groups excluding tert-OH is 1. The van der Waals surface area contributed by atoms with Gasteiger partial charge in [-0.2, -0.15) is 0 Å². The second-order valence-electron chi connectivity index (χ2n) is 11.9. The summed E-state index contributed by atoms with van der Waals surface area (Å²) < 4.78 is 11.0. The summed E-state index contributed by atoms with van der Waals surface area (Å²) in [6.45, 7) is 0.132. The number of methoxy groups -OCH3 is 1. The number of ether oxygens (including phenoxy) is 2. The molecule has 8 heteroatoms. The van der Waals surface area contributed by atoms with Crippen molar-refractivity contribution in [2.45, 2.75) is 108 Å². The van der Waals surface area contributed by atoms with Gasteiger partial charge in [-0.05, 0) is 61.5 Å². The topological polar surface area (TPSA) is 114 Å². The highest BCUT2D eigenvalue weighted by atomic mass is 16.5. The molecule has 3 fully saturated rings. The van der Waals surface area contributed by atoms with Gasteiger partial charge in [0, 0.05) is 13.0 Å². The van der Waals surface area contributed by atoms with Gasteiger partial charge in [-0.25, -0.2) is 0 Å². The van der Waals surface area contributed by atoms with Crippen LogP contribution in [-0.2, 0) is 36.7 Å². The van der Waals surface area contributed by atoms with Crippen molar-refractivity contribution in [3.05, 3.63) is 35.4 Å². The molecule has 2 bridgehead atoms. The third kappa shape index (κ3) is 8.29. The first kappa shape index (κ1) is 30.5. The van der Waals surface area contributed by atoms with Gasteiger partial charge in [0.15, 0.2) is 0 Å². The number of unbranched alkanes of at least 4 members (excludes halogenated alkanes) is 1. The molecule has 4 rings (SSSR count). The average Bonchev–Trinajstić information content (AvgIpc) is 3.60. The largest absolute Gasteiger partial charge is 0.469 e. The second kappa shape index (κ2) is 15.5. The van der Waals surface area contributed by atoms with E-state index in [-0.39, 0.29) is 41.8 Å². The lowest BCUT2D eigenvalue weighted by atomic mass is 9.75. The van der Waals surface area contributed by atoms with Gasteiger partial charge in [0.25, 0.3) is 0 Å². The van der Waals surface area contributed by atoms with Crippen LogP contribution in [0, 0.1) is 17.8 Å². The zero-order chi connectivity index (χ0) is 28.3. The summed E-state index contributed by atoms with van der Waals surface area (Å²) in [4.78, 5) is 37.8. The highest BCUT2D eigenvalue weighted by Crippen LogP contribution is 2.45. The highest BCUT2D eigenvalue weighted by Gasteiger charge is 2.52. The van der Waals surface area contributed by atoms with E-state index in [4.69, 9.17) is 9.47 Å². The van der Waals surface area contributed by atoms with Crippen molar-refractivity contribution in [2.24, 2.45) is 17.8 Å². The number of benzene rings is 1. The maximum Gasteiger partial charge on any atom is 0.305 e. The third-order valence-electron chi connectivity index (χ3n) is 9.30. The number of hydrogen-bond acceptors (Lipinski definition) is 6. The van der Waals surface area contributed by atoms with E-state index in [2.05, 4.69) is 16.7 Å². The minimum Gasteiger partial charge on any atom is -0.469 e. The fraction of sp³-hybridized carbons (Fsp3) is 0.719. The number of rotatable bonds is 15. The van der Waals surface area contributed by atoms with Crippen molar-refractivity contribution in [1.82, 2.24) is 10.6 Å². The molecule has 2 saturated heterocycles. The number of amides is 2. The Hall–Kier alpha value is -2.45. The molecular formula is C32H48N2O6. The van der Waals surface area contributed by atoms with Crippen LogP contribution in [0.3, 0.4) is 0 Å². The van der Waals surface area contributed by atoms with E-state index in [9.17, 15) is 19.5 Å². The number of nitrogens with one attached hydrogen (secondary N) is 2. The minimum absolute atomic E-state index is 0.0357. The summed E-state index contributed by atoms with van der Waals surface area (Å²) >= 11 is 0. The van der Waals surface area contributed by atoms with Gasteiger partial charge < -0.3 is 25.2 Å². The smallest absolute Gasteiger partial charge is 0.305 e. The molecule has 0 unspecified atom stereocenters. The Balaban J connectivity index is 1.26. The zero-order valence-electron chi connectivity index (χ0n) is 24.1. The van der Waals surface area contributed by atoms with Crippen molar-refractivity contribution < 1.29 is 29.0 Å². The Labute approximate surface area is 239 Å². The first-order chi connectivity index (χ1) is 19.5. The van der Waals surface area contributed by atoms with Crippen LogP contribution in [0.15, 0.2) is 24.3 Å². The van der Waals surface area contributed by atoms with Crippen molar-refractivity contribution in [3.63, 3.8) is 0 Å². The Morgan fingerprint density at radius 2 is 1.70 bits per heavy atom. The number of fused-ring (bicyclic) bond motifs is 2. The van der Waals surface area contributed by atoms with Crippen LogP contribution in [-0.4, -0.2) is 61.4 Å². The number of hydrogen-bond donors (Lipinski definition) is 3. The predicted octanol–water partition coefficient (Wildman–Crippen LogP) is 3.86. The third-order valence-corrected chi connectivity index (χ3v) is 9.30. The van der Waals surface area contributed by atoms with Crippen molar-refractivity contribution >= 4 is 17.8 Å². The monoisotopic (exact) mass is 556 g/mol. The van der Waals surface area contributed by atoms with Gasteiger partial charge in [0.05, 0.1) is 31.8 Å². The summed E-state index contributed by atoms with van der Waals surface area (Å²) in [6, 6.07) is 7.14. The van der Waals surface area contributed by atoms with Crippen LogP contribution < -0.4 is 10.6 Å². The van der Waals surface area contributed by atoms with Crippen LogP contribution >= 0.6 is 0 Å². The lowest BCUT2D eigenvalue weighted by Gasteiger charge is -2.29. The van der Waals surface area contributed by atoms with Crippen LogP contribution in [0.4, 0.5) is 0 Å². The molecule has 8 nitrogen and oxygen atoms in total. The molecule has 1 aromatic carbocycles. The van der Waals surface area contributed by atoms with E-state index in [1.807, 2.05) is 18.2 Å². The van der Waals surface area contributed by atoms with Crippen molar-refractivity contribution in [1.29, 1.82) is 0 Å². The van der Waals surface area contributed by atoms with Crippen LogP contribution in [0.25, 0.3) is 0 Å². The fourth-order valence-corrected chi connectivity index (χ4v) is 7.04. The Morgan fingerprint density at radius 3 is 2.42 bits per heavy atom. The van der Waals surface area contributed by atoms with Gasteiger partial charge >= 0.3 is 5.97 Å². The van der Waals surface area contributed by atoms with Gasteiger partial charge in [0.2, 0.25) is 11.8 Å². The summed E-state index contributed by atoms with van der Waals surface area (Å²) in [7, 11) is 1.40. The number of aryl methyl sites for hydroxylation is 2. The first-order valence-electron chi connectivity index (χ1n) is 15.5. The van der Waals surface area contributed by atoms with Crippen molar-refractivity contribution in [2.75, 3.05) is 20.3 Å². The molecule has 5 atom stereocenters. The first-order valence-corrected chi connectivity index (χ1v) is 15.5. The van der Waals surface area contributed by atoms with Crippen molar-refractivity contribution in [3.8, 4) is 0 Å². The minimum atomic E-state index is -0.954. The molecule has 1 aliphatic carbocycles. The molecule has 2 amide bonds. The van der Waals surface area contributed by atoms with E-state index >= 15 is 0 Å². The Morgan fingerprint density at radius 1 is 0.975 bits per heavy atom.